The molecule has 4 aromatic carbocycles. The Morgan fingerprint density at radius 3 is 1.00 bits per heavy atom. The lowest BCUT2D eigenvalue weighted by Gasteiger charge is -2.33. The van der Waals surface area contributed by atoms with Crippen molar-refractivity contribution in [1.82, 2.24) is 0 Å². The van der Waals surface area contributed by atoms with Crippen LogP contribution in [0.25, 0.3) is 0 Å². The lowest BCUT2D eigenvalue weighted by atomic mass is 9.65. The maximum atomic E-state index is 9.96. The maximum Gasteiger partial charge on any atom is 0.146 e. The highest BCUT2D eigenvalue weighted by atomic mass is 16.5. The molecule has 4 unspecified atom stereocenters. The van der Waals surface area contributed by atoms with Gasteiger partial charge in [0.05, 0.1) is 46.6 Å². The third-order valence-electron chi connectivity index (χ3n) is 10.4. The maximum absolute atomic E-state index is 9.96. The van der Waals surface area contributed by atoms with Crippen molar-refractivity contribution < 1.29 is 14.2 Å². The normalized spacial score (nSPS) is 29.9. The van der Waals surface area contributed by atoms with Gasteiger partial charge in [-0.15, -0.1) is 0 Å². The second-order valence-corrected chi connectivity index (χ2v) is 12.1. The van der Waals surface area contributed by atoms with E-state index in [0.29, 0.717) is 22.3 Å². The molecular weight excluding hydrogens is 560 g/mol. The minimum atomic E-state index is -1.03. The van der Waals surface area contributed by atoms with Crippen LogP contribution in [0, 0.1) is 45.3 Å². The van der Waals surface area contributed by atoms with Crippen LogP contribution < -0.4 is 0 Å². The molecule has 45 heavy (non-hydrogen) atoms. The van der Waals surface area contributed by atoms with Crippen molar-refractivity contribution in [3.8, 4) is 24.3 Å². The predicted molar refractivity (Wildman–Crippen MR) is 156 cm³/mol. The molecule has 0 saturated carbocycles. The Morgan fingerprint density at radius 1 is 0.444 bits per heavy atom. The zero-order valence-electron chi connectivity index (χ0n) is 23.4. The Morgan fingerprint density at radius 2 is 0.733 bits per heavy atom. The summed E-state index contributed by atoms with van der Waals surface area (Å²) in [6, 6.07) is 37.6. The van der Waals surface area contributed by atoms with Crippen LogP contribution in [-0.2, 0) is 25.4 Å². The first-order valence-electron chi connectivity index (χ1n) is 14.7. The average molecular weight is 579 g/mol. The minimum Gasteiger partial charge on any atom is -0.355 e. The highest BCUT2D eigenvalue weighted by molar-refractivity contribution is 5.75. The second-order valence-electron chi connectivity index (χ2n) is 12.1. The summed E-state index contributed by atoms with van der Waals surface area (Å²) in [7, 11) is 0. The summed E-state index contributed by atoms with van der Waals surface area (Å²) in [6.07, 6.45) is -2.42. The molecule has 0 saturated heterocycles. The third-order valence-corrected chi connectivity index (χ3v) is 10.4. The number of nitrogens with zero attached hydrogens (tertiary/aromatic N) is 4. The van der Waals surface area contributed by atoms with Gasteiger partial charge >= 0.3 is 0 Å². The summed E-state index contributed by atoms with van der Waals surface area (Å²) >= 11 is 0. The van der Waals surface area contributed by atoms with Crippen LogP contribution >= 0.6 is 0 Å². The van der Waals surface area contributed by atoms with Crippen LogP contribution in [0.4, 0.5) is 0 Å². The molecule has 0 spiro atoms. The van der Waals surface area contributed by atoms with Crippen LogP contribution in [0.2, 0.25) is 0 Å². The van der Waals surface area contributed by atoms with Crippen LogP contribution in [0.5, 0.6) is 0 Å². The van der Waals surface area contributed by atoms with E-state index in [0.717, 1.165) is 55.6 Å². The van der Waals surface area contributed by atoms with Gasteiger partial charge in [-0.05, 0) is 57.6 Å². The number of rotatable bonds is 2. The molecule has 7 heteroatoms. The van der Waals surface area contributed by atoms with Gasteiger partial charge in [0.2, 0.25) is 0 Å². The molecule has 7 nitrogen and oxygen atoms in total. The number of nitriles is 4. The van der Waals surface area contributed by atoms with E-state index in [4.69, 9.17) is 14.2 Å². The average Bonchev–Trinajstić information content (AvgIpc) is 3.93. The van der Waals surface area contributed by atoms with Crippen LogP contribution in [0.3, 0.4) is 0 Å². The zero-order chi connectivity index (χ0) is 30.2. The summed E-state index contributed by atoms with van der Waals surface area (Å²) in [6.45, 7) is 0. The van der Waals surface area contributed by atoms with E-state index in [1.54, 1.807) is 0 Å². The predicted octanol–water partition coefficient (Wildman–Crippen LogP) is 6.55. The molecular formula is C38H18N4O3. The van der Waals surface area contributed by atoms with E-state index in [1.165, 1.54) is 0 Å². The highest BCUT2D eigenvalue weighted by Gasteiger charge is 2.66. The van der Waals surface area contributed by atoms with Gasteiger partial charge in [0.15, 0.2) is 0 Å². The molecule has 6 aliphatic heterocycles. The van der Waals surface area contributed by atoms with E-state index in [-0.39, 0.29) is 0 Å². The van der Waals surface area contributed by atoms with Gasteiger partial charge < -0.3 is 14.2 Å². The number of benzene rings is 4. The van der Waals surface area contributed by atoms with Gasteiger partial charge in [0.1, 0.15) is 35.6 Å². The van der Waals surface area contributed by atoms with E-state index < -0.39 is 35.6 Å². The molecule has 0 amide bonds. The molecule has 0 fully saturated rings. The van der Waals surface area contributed by atoms with Gasteiger partial charge in [0, 0.05) is 22.3 Å². The molecule has 4 atom stereocenters. The quantitative estimate of drug-likeness (QED) is 0.264. The first-order valence-corrected chi connectivity index (χ1v) is 14.7. The van der Waals surface area contributed by atoms with Crippen LogP contribution in [-0.4, -0.2) is 0 Å². The largest absolute Gasteiger partial charge is 0.355 e. The van der Waals surface area contributed by atoms with Crippen molar-refractivity contribution in [2.75, 3.05) is 0 Å². The van der Waals surface area contributed by atoms with Crippen molar-refractivity contribution >= 4 is 0 Å². The number of hydrogen-bond acceptors (Lipinski definition) is 7. The number of ether oxygens (including phenoxy) is 3. The Labute approximate surface area is 257 Å². The fourth-order valence-electron chi connectivity index (χ4n) is 8.66. The lowest BCUT2D eigenvalue weighted by Crippen LogP contribution is -2.28. The molecule has 10 rings (SSSR count). The molecule has 6 bridgehead atoms. The van der Waals surface area contributed by atoms with Crippen molar-refractivity contribution in [1.29, 1.82) is 21.0 Å². The van der Waals surface area contributed by atoms with Gasteiger partial charge in [-0.1, -0.05) is 60.7 Å². The summed E-state index contributed by atoms with van der Waals surface area (Å²) < 4.78 is 20.1. The molecule has 4 aromatic rings. The number of fused-ring (bicyclic) bond motifs is 18. The van der Waals surface area contributed by atoms with Gasteiger partial charge in [-0.3, -0.25) is 0 Å². The van der Waals surface area contributed by atoms with E-state index in [1.807, 2.05) is 36.4 Å². The van der Waals surface area contributed by atoms with Crippen LogP contribution in [0.15, 0.2) is 107 Å². The summed E-state index contributed by atoms with van der Waals surface area (Å²) in [5, 5.41) is 39.8. The Balaban J connectivity index is 1.32. The molecule has 0 N–H and O–H groups in total. The summed E-state index contributed by atoms with van der Waals surface area (Å²) in [5.74, 6) is 0. The zero-order valence-corrected chi connectivity index (χ0v) is 23.4. The first-order chi connectivity index (χ1) is 22.1. The Kier molecular flexibility index (Phi) is 4.39. The van der Waals surface area contributed by atoms with Crippen molar-refractivity contribution in [3.05, 3.63) is 163 Å². The lowest BCUT2D eigenvalue weighted by molar-refractivity contribution is -0.0260. The third kappa shape index (κ3) is 2.55. The summed E-state index contributed by atoms with van der Waals surface area (Å²) in [5.41, 5.74) is 8.59. The van der Waals surface area contributed by atoms with Gasteiger partial charge in [-0.2, -0.15) is 21.0 Å². The molecule has 208 valence electrons. The van der Waals surface area contributed by atoms with Crippen molar-refractivity contribution in [3.63, 3.8) is 0 Å². The monoisotopic (exact) mass is 578 g/mol. The van der Waals surface area contributed by atoms with Gasteiger partial charge in [0.25, 0.3) is 0 Å². The van der Waals surface area contributed by atoms with Crippen LogP contribution in [0.1, 0.15) is 80.1 Å². The molecule has 0 aromatic heterocycles. The highest BCUT2D eigenvalue weighted by Crippen LogP contribution is 2.69. The Bertz CT molecular complexity index is 2050. The van der Waals surface area contributed by atoms with Crippen molar-refractivity contribution in [2.45, 2.75) is 35.6 Å². The van der Waals surface area contributed by atoms with E-state index >= 15 is 0 Å². The second kappa shape index (κ2) is 8.02. The molecule has 6 aliphatic rings. The number of hydrogen-bond donors (Lipinski definition) is 0. The first kappa shape index (κ1) is 24.6. The fraction of sp³-hybridized carbons (Fsp3) is 0.158. The van der Waals surface area contributed by atoms with E-state index in [9.17, 15) is 21.0 Å². The topological polar surface area (TPSA) is 123 Å². The standard InChI is InChI=1S/C38H18N4O3/c39-15-25-27(17-41)35-23-13-31-29(11-21(23)33(25)43-35)37(19-7-3-1-4-8-19)30-12-22-24(36-28(18-42)26(16-40)34(22)44-36)14-32(30)38(31,45-37)20-9-5-2-6-10-20/h1-14,33-36H. The SMILES string of the molecule is N#CC1=C(C#N)C2OC1c1cc3c(cc12)C1(c2ccccc2)OC3(c2ccccc2)c2cc3c(cc21)C1OC3C(C#N)=C1C#N. The molecule has 0 radical (unpaired) electrons. The Hall–Kier alpha value is -5.80. The molecule has 6 heterocycles. The van der Waals surface area contributed by atoms with E-state index in [2.05, 4.69) is 72.8 Å². The summed E-state index contributed by atoms with van der Waals surface area (Å²) in [4.78, 5) is 0. The molecule has 0 aliphatic carbocycles. The van der Waals surface area contributed by atoms with Gasteiger partial charge in [-0.25, -0.2) is 0 Å². The van der Waals surface area contributed by atoms with Crippen molar-refractivity contribution in [2.24, 2.45) is 0 Å². The smallest absolute Gasteiger partial charge is 0.146 e. The minimum absolute atomic E-state index is 0.362. The fourth-order valence-corrected chi connectivity index (χ4v) is 8.66.